The second kappa shape index (κ2) is 3.57. The fraction of sp³-hybridized carbons (Fsp3) is 0.375. The van der Waals surface area contributed by atoms with Crippen LogP contribution in [0.3, 0.4) is 0 Å². The van der Waals surface area contributed by atoms with Gasteiger partial charge in [-0.1, -0.05) is 13.0 Å². The summed E-state index contributed by atoms with van der Waals surface area (Å²) in [5.74, 6) is 0. The first kappa shape index (κ1) is 7.55. The molecule has 1 atom stereocenters. The minimum Gasteiger partial charge on any atom is -0.264 e. The summed E-state index contributed by atoms with van der Waals surface area (Å²) in [6, 6.07) is 3.90. The van der Waals surface area contributed by atoms with Crippen molar-refractivity contribution < 1.29 is 0 Å². The minimum atomic E-state index is 0.119. The highest BCUT2D eigenvalue weighted by atomic mass is 35.5. The molecular formula is C8H10ClN. The fourth-order valence-electron chi connectivity index (χ4n) is 0.797. The lowest BCUT2D eigenvalue weighted by Gasteiger charge is -2.03. The minimum absolute atomic E-state index is 0.119. The van der Waals surface area contributed by atoms with E-state index in [0.717, 1.165) is 12.0 Å². The van der Waals surface area contributed by atoms with Gasteiger partial charge >= 0.3 is 0 Å². The van der Waals surface area contributed by atoms with Crippen LogP contribution < -0.4 is 0 Å². The topological polar surface area (TPSA) is 12.9 Å². The Morgan fingerprint density at radius 3 is 3.00 bits per heavy atom. The maximum atomic E-state index is 5.95. The van der Waals surface area contributed by atoms with Gasteiger partial charge in [0.05, 0.1) is 5.38 Å². The molecule has 0 saturated carbocycles. The molecule has 10 heavy (non-hydrogen) atoms. The summed E-state index contributed by atoms with van der Waals surface area (Å²) in [7, 11) is 0. The first-order valence-corrected chi connectivity index (χ1v) is 3.82. The third-order valence-electron chi connectivity index (χ3n) is 1.40. The molecule has 0 amide bonds. The van der Waals surface area contributed by atoms with Gasteiger partial charge in [0.1, 0.15) is 0 Å². The molecule has 1 unspecified atom stereocenters. The van der Waals surface area contributed by atoms with Gasteiger partial charge in [0.25, 0.3) is 0 Å². The van der Waals surface area contributed by atoms with Gasteiger partial charge in [0.15, 0.2) is 0 Å². The van der Waals surface area contributed by atoms with Gasteiger partial charge in [-0.15, -0.1) is 11.6 Å². The zero-order valence-electron chi connectivity index (χ0n) is 5.92. The molecule has 1 aromatic heterocycles. The molecule has 1 rings (SSSR count). The molecule has 1 heterocycles. The van der Waals surface area contributed by atoms with Gasteiger partial charge in [-0.05, 0) is 18.1 Å². The fourth-order valence-corrected chi connectivity index (χ4v) is 0.926. The van der Waals surface area contributed by atoms with Crippen LogP contribution in [0.5, 0.6) is 0 Å². The van der Waals surface area contributed by atoms with Gasteiger partial charge < -0.3 is 0 Å². The Hall–Kier alpha value is -0.560. The molecule has 2 heteroatoms. The Bertz CT molecular complexity index is 186. The highest BCUT2D eigenvalue weighted by molar-refractivity contribution is 6.20. The Balaban J connectivity index is 2.75. The predicted molar refractivity (Wildman–Crippen MR) is 43.1 cm³/mol. The van der Waals surface area contributed by atoms with E-state index in [1.165, 1.54) is 0 Å². The van der Waals surface area contributed by atoms with E-state index in [4.69, 9.17) is 11.6 Å². The molecule has 0 aliphatic rings. The number of halogens is 1. The van der Waals surface area contributed by atoms with E-state index in [1.807, 2.05) is 12.1 Å². The SMILES string of the molecule is CCC(Cl)c1cccnc1. The smallest absolute Gasteiger partial charge is 0.0597 e. The number of alkyl halides is 1. The van der Waals surface area contributed by atoms with Crippen molar-refractivity contribution in [2.75, 3.05) is 0 Å². The van der Waals surface area contributed by atoms with Gasteiger partial charge in [-0.3, -0.25) is 4.98 Å². The molecule has 0 spiro atoms. The van der Waals surface area contributed by atoms with E-state index in [2.05, 4.69) is 11.9 Å². The van der Waals surface area contributed by atoms with E-state index >= 15 is 0 Å². The Morgan fingerprint density at radius 1 is 1.70 bits per heavy atom. The van der Waals surface area contributed by atoms with Crippen LogP contribution in [0.25, 0.3) is 0 Å². The maximum absolute atomic E-state index is 5.95. The van der Waals surface area contributed by atoms with Crippen molar-refractivity contribution in [2.45, 2.75) is 18.7 Å². The number of rotatable bonds is 2. The first-order valence-electron chi connectivity index (χ1n) is 3.38. The van der Waals surface area contributed by atoms with E-state index in [-0.39, 0.29) is 5.38 Å². The highest BCUT2D eigenvalue weighted by Crippen LogP contribution is 2.21. The van der Waals surface area contributed by atoms with Gasteiger partial charge in [0.2, 0.25) is 0 Å². The molecule has 0 saturated heterocycles. The number of hydrogen-bond donors (Lipinski definition) is 0. The second-order valence-corrected chi connectivity index (χ2v) is 2.69. The number of aromatic nitrogens is 1. The summed E-state index contributed by atoms with van der Waals surface area (Å²) in [6.07, 6.45) is 4.51. The average molecular weight is 156 g/mol. The molecule has 0 aliphatic heterocycles. The van der Waals surface area contributed by atoms with E-state index in [9.17, 15) is 0 Å². The lowest BCUT2D eigenvalue weighted by Crippen LogP contribution is -1.87. The Labute approximate surface area is 66.0 Å². The molecule has 0 fully saturated rings. The summed E-state index contributed by atoms with van der Waals surface area (Å²) < 4.78 is 0. The third kappa shape index (κ3) is 1.71. The molecule has 0 aromatic carbocycles. The van der Waals surface area contributed by atoms with Crippen LogP contribution >= 0.6 is 11.6 Å². The lowest BCUT2D eigenvalue weighted by atomic mass is 10.2. The zero-order chi connectivity index (χ0) is 7.40. The van der Waals surface area contributed by atoms with Crippen LogP contribution in [-0.2, 0) is 0 Å². The van der Waals surface area contributed by atoms with Gasteiger partial charge in [0, 0.05) is 12.4 Å². The molecule has 0 N–H and O–H groups in total. The molecule has 54 valence electrons. The molecule has 1 aromatic rings. The van der Waals surface area contributed by atoms with E-state index in [0.29, 0.717) is 0 Å². The Kier molecular flexibility index (Phi) is 2.69. The predicted octanol–water partition coefficient (Wildman–Crippen LogP) is 2.77. The van der Waals surface area contributed by atoms with Crippen molar-refractivity contribution in [2.24, 2.45) is 0 Å². The number of nitrogens with zero attached hydrogens (tertiary/aromatic N) is 1. The van der Waals surface area contributed by atoms with Crippen molar-refractivity contribution >= 4 is 11.6 Å². The second-order valence-electron chi connectivity index (χ2n) is 2.16. The van der Waals surface area contributed by atoms with Crippen LogP contribution in [0.1, 0.15) is 24.3 Å². The normalized spacial score (nSPS) is 13.0. The maximum Gasteiger partial charge on any atom is 0.0597 e. The van der Waals surface area contributed by atoms with Crippen LogP contribution in [0.2, 0.25) is 0 Å². The third-order valence-corrected chi connectivity index (χ3v) is 1.97. The van der Waals surface area contributed by atoms with Crippen LogP contribution in [0.15, 0.2) is 24.5 Å². The quantitative estimate of drug-likeness (QED) is 0.599. The van der Waals surface area contributed by atoms with Crippen LogP contribution in [0, 0.1) is 0 Å². The summed E-state index contributed by atoms with van der Waals surface area (Å²) >= 11 is 5.95. The lowest BCUT2D eigenvalue weighted by molar-refractivity contribution is 0.877. The Morgan fingerprint density at radius 2 is 2.50 bits per heavy atom. The van der Waals surface area contributed by atoms with E-state index in [1.54, 1.807) is 12.4 Å². The molecule has 0 bridgehead atoms. The summed E-state index contributed by atoms with van der Waals surface area (Å²) in [4.78, 5) is 3.97. The standard InChI is InChI=1S/C8H10ClN/c1-2-8(9)7-4-3-5-10-6-7/h3-6,8H,2H2,1H3. The monoisotopic (exact) mass is 155 g/mol. The number of hydrogen-bond acceptors (Lipinski definition) is 1. The van der Waals surface area contributed by atoms with Gasteiger partial charge in [-0.2, -0.15) is 0 Å². The molecule has 0 radical (unpaired) electrons. The largest absolute Gasteiger partial charge is 0.264 e. The van der Waals surface area contributed by atoms with Gasteiger partial charge in [-0.25, -0.2) is 0 Å². The molecule has 0 aliphatic carbocycles. The van der Waals surface area contributed by atoms with Crippen molar-refractivity contribution in [3.63, 3.8) is 0 Å². The van der Waals surface area contributed by atoms with Crippen molar-refractivity contribution in [1.82, 2.24) is 4.98 Å². The summed E-state index contributed by atoms with van der Waals surface area (Å²) in [6.45, 7) is 2.06. The molecule has 1 nitrogen and oxygen atoms in total. The summed E-state index contributed by atoms with van der Waals surface area (Å²) in [5, 5.41) is 0.119. The van der Waals surface area contributed by atoms with E-state index < -0.39 is 0 Å². The van der Waals surface area contributed by atoms with Crippen LogP contribution in [-0.4, -0.2) is 4.98 Å². The summed E-state index contributed by atoms with van der Waals surface area (Å²) in [5.41, 5.74) is 1.10. The highest BCUT2D eigenvalue weighted by Gasteiger charge is 2.02. The molecular weight excluding hydrogens is 146 g/mol. The van der Waals surface area contributed by atoms with Crippen molar-refractivity contribution in [3.05, 3.63) is 30.1 Å². The average Bonchev–Trinajstić information content (AvgIpc) is 2.05. The van der Waals surface area contributed by atoms with Crippen LogP contribution in [0.4, 0.5) is 0 Å². The van der Waals surface area contributed by atoms with Crippen molar-refractivity contribution in [1.29, 1.82) is 0 Å². The first-order chi connectivity index (χ1) is 4.84. The zero-order valence-corrected chi connectivity index (χ0v) is 6.67. The number of pyridine rings is 1. The van der Waals surface area contributed by atoms with Crippen molar-refractivity contribution in [3.8, 4) is 0 Å².